The van der Waals surface area contributed by atoms with Crippen LogP contribution >= 0.6 is 0 Å². The third-order valence-electron chi connectivity index (χ3n) is 7.92. The van der Waals surface area contributed by atoms with Crippen LogP contribution in [0.4, 0.5) is 0 Å². The molecule has 2 aliphatic rings. The molecule has 0 saturated carbocycles. The Hall–Kier alpha value is -4.57. The summed E-state index contributed by atoms with van der Waals surface area (Å²) in [4.78, 5) is 43.4. The molecular formula is C35H41N3O7. The second-order valence-corrected chi connectivity index (χ2v) is 11.3. The zero-order valence-corrected chi connectivity index (χ0v) is 25.9. The maximum atomic E-state index is 13.6. The first-order valence-corrected chi connectivity index (χ1v) is 15.5. The second-order valence-electron chi connectivity index (χ2n) is 11.3. The zero-order chi connectivity index (χ0) is 31.6. The van der Waals surface area contributed by atoms with Crippen LogP contribution in [-0.4, -0.2) is 79.6 Å². The van der Waals surface area contributed by atoms with Gasteiger partial charge in [0.15, 0.2) is 11.5 Å². The highest BCUT2D eigenvalue weighted by molar-refractivity contribution is 5.97. The summed E-state index contributed by atoms with van der Waals surface area (Å²) >= 11 is 0. The van der Waals surface area contributed by atoms with Crippen molar-refractivity contribution in [2.75, 3.05) is 39.9 Å². The number of methoxy groups -OCH3 is 1. The van der Waals surface area contributed by atoms with Gasteiger partial charge in [-0.15, -0.1) is 0 Å². The van der Waals surface area contributed by atoms with Gasteiger partial charge in [-0.05, 0) is 67.3 Å². The molecule has 3 amide bonds. The number of nitrogens with one attached hydrogen (secondary N) is 1. The molecule has 5 rings (SSSR count). The fourth-order valence-corrected chi connectivity index (χ4v) is 5.61. The lowest BCUT2D eigenvalue weighted by atomic mass is 10.0. The van der Waals surface area contributed by atoms with E-state index in [1.54, 1.807) is 35.1 Å². The highest BCUT2D eigenvalue weighted by Crippen LogP contribution is 2.33. The van der Waals surface area contributed by atoms with E-state index in [0.29, 0.717) is 74.7 Å². The van der Waals surface area contributed by atoms with Gasteiger partial charge in [-0.2, -0.15) is 0 Å². The Morgan fingerprint density at radius 2 is 1.89 bits per heavy atom. The van der Waals surface area contributed by atoms with Crippen molar-refractivity contribution >= 4 is 17.7 Å². The van der Waals surface area contributed by atoms with E-state index < -0.39 is 6.10 Å². The van der Waals surface area contributed by atoms with Gasteiger partial charge in [-0.1, -0.05) is 37.3 Å². The quantitative estimate of drug-likeness (QED) is 0.363. The minimum absolute atomic E-state index is 0.0254. The second kappa shape index (κ2) is 15.4. The molecule has 1 fully saturated rings. The highest BCUT2D eigenvalue weighted by Gasteiger charge is 2.34. The maximum Gasteiger partial charge on any atom is 0.254 e. The molecule has 3 aromatic carbocycles. The van der Waals surface area contributed by atoms with Crippen LogP contribution in [0, 0.1) is 0 Å². The number of hydrogen-bond acceptors (Lipinski definition) is 7. The van der Waals surface area contributed by atoms with E-state index in [2.05, 4.69) is 5.32 Å². The Bertz CT molecular complexity index is 1460. The van der Waals surface area contributed by atoms with Crippen molar-refractivity contribution in [2.45, 2.75) is 51.4 Å². The van der Waals surface area contributed by atoms with E-state index in [4.69, 9.17) is 18.9 Å². The summed E-state index contributed by atoms with van der Waals surface area (Å²) in [5.41, 5.74) is 1.27. The fourth-order valence-electron chi connectivity index (χ4n) is 5.61. The van der Waals surface area contributed by atoms with Gasteiger partial charge in [0.25, 0.3) is 5.91 Å². The SMILES string of the molecule is CCCN1CC(=O)N[C@H]2CCN(C(=O)CCCOc3ccccc3)C[C@@H]2OCc2cccc(c2)Oc2cc(ccc2OC)C1=O. The van der Waals surface area contributed by atoms with Crippen molar-refractivity contribution in [3.63, 3.8) is 0 Å². The molecule has 0 radical (unpaired) electrons. The number of carbonyl (C=O) groups excluding carboxylic acids is 3. The predicted octanol–water partition coefficient (Wildman–Crippen LogP) is 4.81. The number of para-hydroxylation sites is 1. The van der Waals surface area contributed by atoms with Gasteiger partial charge in [0.1, 0.15) is 11.5 Å². The molecule has 3 aromatic rings. The van der Waals surface area contributed by atoms with Gasteiger partial charge in [-0.3, -0.25) is 14.4 Å². The summed E-state index contributed by atoms with van der Waals surface area (Å²) in [6.45, 7) is 3.84. The molecule has 45 heavy (non-hydrogen) atoms. The fraction of sp³-hybridized carbons (Fsp3) is 0.400. The Morgan fingerprint density at radius 3 is 2.69 bits per heavy atom. The Labute approximate surface area is 264 Å². The number of fused-ring (bicyclic) bond motifs is 5. The van der Waals surface area contributed by atoms with Gasteiger partial charge in [0.2, 0.25) is 11.8 Å². The van der Waals surface area contributed by atoms with Crippen molar-refractivity contribution in [3.05, 3.63) is 83.9 Å². The summed E-state index contributed by atoms with van der Waals surface area (Å²) in [7, 11) is 1.54. The third-order valence-corrected chi connectivity index (χ3v) is 7.92. The van der Waals surface area contributed by atoms with Crippen LogP contribution in [0.5, 0.6) is 23.0 Å². The van der Waals surface area contributed by atoms with Crippen molar-refractivity contribution in [1.82, 2.24) is 15.1 Å². The van der Waals surface area contributed by atoms with Crippen molar-refractivity contribution < 1.29 is 33.3 Å². The molecule has 238 valence electrons. The molecule has 1 saturated heterocycles. The van der Waals surface area contributed by atoms with Crippen LogP contribution in [0.1, 0.15) is 48.5 Å². The van der Waals surface area contributed by atoms with Crippen LogP contribution in [0.15, 0.2) is 72.8 Å². The van der Waals surface area contributed by atoms with Crippen molar-refractivity contribution in [2.24, 2.45) is 0 Å². The van der Waals surface area contributed by atoms with Crippen LogP contribution in [-0.2, 0) is 20.9 Å². The van der Waals surface area contributed by atoms with Gasteiger partial charge >= 0.3 is 0 Å². The van der Waals surface area contributed by atoms with E-state index in [1.165, 1.54) is 0 Å². The van der Waals surface area contributed by atoms with Crippen LogP contribution in [0.3, 0.4) is 0 Å². The lowest BCUT2D eigenvalue weighted by Gasteiger charge is -2.39. The largest absolute Gasteiger partial charge is 0.494 e. The van der Waals surface area contributed by atoms with E-state index in [9.17, 15) is 14.4 Å². The van der Waals surface area contributed by atoms with Crippen LogP contribution < -0.4 is 19.5 Å². The lowest BCUT2D eigenvalue weighted by molar-refractivity contribution is -0.137. The summed E-state index contributed by atoms with van der Waals surface area (Å²) in [5, 5.41) is 3.11. The minimum Gasteiger partial charge on any atom is -0.494 e. The average molecular weight is 616 g/mol. The summed E-state index contributed by atoms with van der Waals surface area (Å²) in [5.74, 6) is 1.71. The molecule has 2 heterocycles. The molecule has 0 unspecified atom stereocenters. The van der Waals surface area contributed by atoms with Crippen LogP contribution in [0.2, 0.25) is 0 Å². The number of carbonyl (C=O) groups is 3. The Balaban J connectivity index is 1.32. The molecule has 0 aromatic heterocycles. The molecule has 1 N–H and O–H groups in total. The first kappa shape index (κ1) is 31.8. The van der Waals surface area contributed by atoms with Crippen LogP contribution in [0.25, 0.3) is 0 Å². The number of ether oxygens (including phenoxy) is 4. The first-order valence-electron chi connectivity index (χ1n) is 15.5. The molecule has 2 atom stereocenters. The highest BCUT2D eigenvalue weighted by atomic mass is 16.5. The van der Waals surface area contributed by atoms with Crippen molar-refractivity contribution in [3.8, 4) is 23.0 Å². The minimum atomic E-state index is -0.437. The van der Waals surface area contributed by atoms with E-state index in [-0.39, 0.29) is 36.9 Å². The number of rotatable bonds is 8. The summed E-state index contributed by atoms with van der Waals surface area (Å²) in [6.07, 6.45) is 1.74. The molecule has 0 aliphatic carbocycles. The van der Waals surface area contributed by atoms with E-state index >= 15 is 0 Å². The summed E-state index contributed by atoms with van der Waals surface area (Å²) < 4.78 is 23.8. The number of nitrogens with zero attached hydrogens (tertiary/aromatic N) is 2. The number of likely N-dealkylation sites (tertiary alicyclic amines) is 1. The molecular weight excluding hydrogens is 574 g/mol. The van der Waals surface area contributed by atoms with E-state index in [0.717, 1.165) is 11.3 Å². The normalized spacial score (nSPS) is 18.8. The monoisotopic (exact) mass is 615 g/mol. The smallest absolute Gasteiger partial charge is 0.254 e. The van der Waals surface area contributed by atoms with Gasteiger partial charge < -0.3 is 34.1 Å². The molecule has 2 aliphatic heterocycles. The number of amides is 3. The van der Waals surface area contributed by atoms with Gasteiger partial charge in [0, 0.05) is 31.6 Å². The first-order chi connectivity index (χ1) is 21.9. The lowest BCUT2D eigenvalue weighted by Crippen LogP contribution is -2.57. The molecule has 0 spiro atoms. The van der Waals surface area contributed by atoms with Crippen molar-refractivity contribution in [1.29, 1.82) is 0 Å². The molecule has 10 heteroatoms. The molecule has 4 bridgehead atoms. The topological polar surface area (TPSA) is 107 Å². The average Bonchev–Trinajstić information content (AvgIpc) is 3.06. The van der Waals surface area contributed by atoms with E-state index in [1.807, 2.05) is 61.5 Å². The zero-order valence-electron chi connectivity index (χ0n) is 25.9. The van der Waals surface area contributed by atoms with Gasteiger partial charge in [0.05, 0.1) is 39.0 Å². The molecule has 10 nitrogen and oxygen atoms in total. The Kier molecular flexibility index (Phi) is 10.9. The predicted molar refractivity (Wildman–Crippen MR) is 169 cm³/mol. The number of hydrogen-bond donors (Lipinski definition) is 1. The number of benzene rings is 3. The maximum absolute atomic E-state index is 13.6. The Morgan fingerprint density at radius 1 is 1.04 bits per heavy atom. The van der Waals surface area contributed by atoms with Gasteiger partial charge in [-0.25, -0.2) is 0 Å². The standard InChI is InChI=1S/C35H41N3O7/c1-3-17-38-23-33(39)36-29-16-18-37(34(40)13-8-19-43-27-10-5-4-6-11-27)22-32(29)44-24-25-9-7-12-28(20-25)45-31-21-26(35(38)41)14-15-30(31)42-2/h4-7,9-12,14-15,20-21,29,32H,3,8,13,16-19,22-24H2,1-2H3,(H,36,39)/t29-,32-/m0/s1. The summed E-state index contributed by atoms with van der Waals surface area (Å²) in [6, 6.07) is 21.7. The number of piperidine rings is 1. The third kappa shape index (κ3) is 8.54.